The Bertz CT molecular complexity index is 1970. The molecule has 2 saturated carbocycles. The molecule has 0 bridgehead atoms. The molecule has 2 aromatic carbocycles. The molecule has 1 aliphatic heterocycles. The van der Waals surface area contributed by atoms with Crippen molar-refractivity contribution in [2.45, 2.75) is 45.1 Å². The average Bonchev–Trinajstić information content (AvgIpc) is 3.63. The van der Waals surface area contributed by atoms with Crippen molar-refractivity contribution in [1.29, 1.82) is 0 Å². The molecule has 0 N–H and O–H groups in total. The third-order valence-electron chi connectivity index (χ3n) is 10.9. The van der Waals surface area contributed by atoms with Crippen molar-refractivity contribution < 1.29 is 0 Å². The normalized spacial score (nSPS) is 28.4. The molecule has 9 rings (SSSR count). The van der Waals surface area contributed by atoms with Crippen molar-refractivity contribution in [2.24, 2.45) is 22.2 Å². The highest BCUT2D eigenvalue weighted by Gasteiger charge is 2.57. The summed E-state index contributed by atoms with van der Waals surface area (Å²) in [6, 6.07) is 17.7. The molecular weight excluding hydrogens is 510 g/mol. The number of para-hydroxylation sites is 1. The van der Waals surface area contributed by atoms with Crippen LogP contribution in [0, 0.1) is 31.1 Å². The minimum atomic E-state index is 0.0227. The second-order valence-corrected chi connectivity index (χ2v) is 13.0. The van der Waals surface area contributed by atoms with Gasteiger partial charge in [-0.25, -0.2) is 0 Å². The van der Waals surface area contributed by atoms with E-state index in [1.165, 1.54) is 74.9 Å². The van der Waals surface area contributed by atoms with E-state index in [0.717, 1.165) is 6.42 Å². The maximum atomic E-state index is 4.50. The molecule has 206 valence electrons. The maximum Gasteiger partial charge on any atom is 0.0694 e. The van der Waals surface area contributed by atoms with Gasteiger partial charge in [-0.05, 0) is 79.4 Å². The molecule has 4 aliphatic carbocycles. The zero-order valence-electron chi connectivity index (χ0n) is 24.3. The minimum absolute atomic E-state index is 0.0227. The third kappa shape index (κ3) is 3.25. The van der Waals surface area contributed by atoms with Crippen LogP contribution in [0.1, 0.15) is 41.6 Å². The lowest BCUT2D eigenvalue weighted by atomic mass is 9.62. The van der Waals surface area contributed by atoms with Crippen molar-refractivity contribution in [3.8, 4) is 11.1 Å². The first-order valence-corrected chi connectivity index (χ1v) is 15.5. The number of aromatic nitrogens is 2. The highest BCUT2D eigenvalue weighted by molar-refractivity contribution is 5.97. The third-order valence-corrected chi connectivity index (χ3v) is 10.9. The van der Waals surface area contributed by atoms with Crippen LogP contribution in [-0.2, 0) is 12.0 Å². The van der Waals surface area contributed by atoms with Crippen molar-refractivity contribution in [2.75, 3.05) is 0 Å². The number of benzene rings is 2. The minimum Gasteiger partial charge on any atom is -0.336 e. The lowest BCUT2D eigenvalue weighted by molar-refractivity contribution is 0.136. The van der Waals surface area contributed by atoms with E-state index < -0.39 is 0 Å². The molecule has 5 aliphatic rings. The van der Waals surface area contributed by atoms with Crippen LogP contribution in [0.2, 0.25) is 0 Å². The molecule has 3 heterocycles. The first kappa shape index (κ1) is 24.2. The van der Waals surface area contributed by atoms with Crippen LogP contribution in [0.15, 0.2) is 120 Å². The number of aliphatic imine (C=N–C) groups is 1. The number of nitrogens with zero attached hydrogens (tertiary/aromatic N) is 3. The maximum absolute atomic E-state index is 4.50. The predicted molar refractivity (Wildman–Crippen MR) is 174 cm³/mol. The number of fused-ring (bicyclic) bond motifs is 4. The van der Waals surface area contributed by atoms with Crippen LogP contribution in [0.25, 0.3) is 27.7 Å². The topological polar surface area (TPSA) is 22.2 Å². The second kappa shape index (κ2) is 8.58. The summed E-state index contributed by atoms with van der Waals surface area (Å²) < 4.78 is 4.98. The monoisotopic (exact) mass is 545 g/mol. The van der Waals surface area contributed by atoms with E-state index in [4.69, 9.17) is 0 Å². The second-order valence-electron chi connectivity index (χ2n) is 13.0. The summed E-state index contributed by atoms with van der Waals surface area (Å²) in [5.41, 5.74) is 12.3. The summed E-state index contributed by atoms with van der Waals surface area (Å²) >= 11 is 0. The van der Waals surface area contributed by atoms with Crippen LogP contribution >= 0.6 is 0 Å². The molecule has 3 nitrogen and oxygen atoms in total. The summed E-state index contributed by atoms with van der Waals surface area (Å²) in [4.78, 5) is 4.50. The molecule has 0 amide bonds. The molecule has 42 heavy (non-hydrogen) atoms. The Morgan fingerprint density at radius 2 is 1.79 bits per heavy atom. The van der Waals surface area contributed by atoms with Crippen molar-refractivity contribution >= 4 is 22.8 Å². The predicted octanol–water partition coefficient (Wildman–Crippen LogP) is 8.93. The molecule has 0 saturated heterocycles. The molecular formula is C39H35N3. The largest absolute Gasteiger partial charge is 0.336 e. The first-order chi connectivity index (χ1) is 20.6. The van der Waals surface area contributed by atoms with E-state index in [9.17, 15) is 0 Å². The average molecular weight is 546 g/mol. The molecule has 4 atom stereocenters. The number of rotatable bonds is 4. The van der Waals surface area contributed by atoms with Crippen molar-refractivity contribution in [1.82, 2.24) is 9.13 Å². The van der Waals surface area contributed by atoms with Gasteiger partial charge in [-0.3, -0.25) is 4.99 Å². The fourth-order valence-corrected chi connectivity index (χ4v) is 8.31. The van der Waals surface area contributed by atoms with E-state index in [1.54, 1.807) is 0 Å². The Hall–Kier alpha value is -4.37. The van der Waals surface area contributed by atoms with Crippen LogP contribution < -0.4 is 0 Å². The number of hydrogen-bond acceptors (Lipinski definition) is 1. The number of allylic oxidation sites excluding steroid dienone is 9. The Labute approximate surface area is 247 Å². The highest BCUT2D eigenvalue weighted by atomic mass is 15.1. The van der Waals surface area contributed by atoms with Crippen molar-refractivity contribution in [3.63, 3.8) is 0 Å². The highest BCUT2D eigenvalue weighted by Crippen LogP contribution is 2.65. The fourth-order valence-electron chi connectivity index (χ4n) is 8.31. The fraction of sp³-hybridized carbons (Fsp3) is 0.256. The van der Waals surface area contributed by atoms with E-state index in [-0.39, 0.29) is 11.0 Å². The molecule has 4 unspecified atom stereocenters. The summed E-state index contributed by atoms with van der Waals surface area (Å²) in [6.45, 7) is 4.49. The van der Waals surface area contributed by atoms with E-state index in [2.05, 4.69) is 131 Å². The molecule has 2 fully saturated rings. The van der Waals surface area contributed by atoms with Gasteiger partial charge in [-0.2, -0.15) is 0 Å². The van der Waals surface area contributed by atoms with Gasteiger partial charge in [0.15, 0.2) is 0 Å². The first-order valence-electron chi connectivity index (χ1n) is 15.5. The van der Waals surface area contributed by atoms with Crippen LogP contribution in [0.4, 0.5) is 0 Å². The molecule has 0 radical (unpaired) electrons. The van der Waals surface area contributed by atoms with Gasteiger partial charge in [0.2, 0.25) is 0 Å². The summed E-state index contributed by atoms with van der Waals surface area (Å²) in [6.07, 6.45) is 30.4. The Kier molecular flexibility index (Phi) is 4.95. The van der Waals surface area contributed by atoms with Gasteiger partial charge >= 0.3 is 0 Å². The Morgan fingerprint density at radius 3 is 2.60 bits per heavy atom. The lowest BCUT2D eigenvalue weighted by Gasteiger charge is -2.51. The standard InChI is InChI=1S/C39H35N3/c1-26-24-41(36-23-40-19-7-12-33(26)36)32-15-16-38(22-31(38)21-32)29-13-17-39(18-14-30(39)20-29)42-25-27(2)34-10-6-11-35(37(34)42)28-8-4-3-5-9-28/h3-11,13,15-17,19-21,23-25,30-31H,12,14,18,22H2,1-2H3. The van der Waals surface area contributed by atoms with Gasteiger partial charge in [0.1, 0.15) is 0 Å². The quantitative estimate of drug-likeness (QED) is 0.244. The van der Waals surface area contributed by atoms with Gasteiger partial charge in [0, 0.05) is 46.6 Å². The smallest absolute Gasteiger partial charge is 0.0694 e. The summed E-state index contributed by atoms with van der Waals surface area (Å²) in [7, 11) is 0. The van der Waals surface area contributed by atoms with E-state index in [0.29, 0.717) is 11.8 Å². The van der Waals surface area contributed by atoms with E-state index in [1.807, 2.05) is 12.4 Å². The van der Waals surface area contributed by atoms with E-state index >= 15 is 0 Å². The van der Waals surface area contributed by atoms with Gasteiger partial charge in [0.25, 0.3) is 0 Å². The molecule has 3 heteroatoms. The summed E-state index contributed by atoms with van der Waals surface area (Å²) in [5.74, 6) is 1.08. The SMILES string of the molecule is Cc1cn(C2=CC3CC3(C3=CC4CCC4(n4cc(C)c5cccc(-c6ccccc6)c54)C=C3)C=C2)c2c1CC=CN=C2. The lowest BCUT2D eigenvalue weighted by Crippen LogP contribution is -2.48. The number of hydrogen-bond donors (Lipinski definition) is 0. The van der Waals surface area contributed by atoms with Crippen LogP contribution in [0.3, 0.4) is 0 Å². The zero-order chi connectivity index (χ0) is 28.1. The van der Waals surface area contributed by atoms with Gasteiger partial charge < -0.3 is 9.13 Å². The Balaban J connectivity index is 1.05. The molecule has 4 aromatic rings. The number of aryl methyl sites for hydroxylation is 2. The zero-order valence-corrected chi connectivity index (χ0v) is 24.3. The van der Waals surface area contributed by atoms with Gasteiger partial charge in [-0.1, -0.05) is 85.0 Å². The van der Waals surface area contributed by atoms with Crippen LogP contribution in [-0.4, -0.2) is 15.3 Å². The van der Waals surface area contributed by atoms with Gasteiger partial charge in [-0.15, -0.1) is 0 Å². The van der Waals surface area contributed by atoms with Crippen LogP contribution in [0.5, 0.6) is 0 Å². The van der Waals surface area contributed by atoms with Crippen molar-refractivity contribution in [3.05, 3.63) is 138 Å². The Morgan fingerprint density at radius 1 is 0.881 bits per heavy atom. The summed E-state index contributed by atoms with van der Waals surface area (Å²) in [5, 5.41) is 1.37. The molecule has 2 aromatic heterocycles. The molecule has 0 spiro atoms. The van der Waals surface area contributed by atoms with Gasteiger partial charge in [0.05, 0.1) is 23.0 Å².